The molecule has 0 unspecified atom stereocenters. The lowest BCUT2D eigenvalue weighted by Crippen LogP contribution is -2.16. The molecule has 0 fully saturated rings. The molecule has 3 rings (SSSR count). The summed E-state index contributed by atoms with van der Waals surface area (Å²) in [4.78, 5) is 0.0838. The van der Waals surface area contributed by atoms with Crippen LogP contribution in [0.5, 0.6) is 0 Å². The van der Waals surface area contributed by atoms with Gasteiger partial charge in [-0.25, -0.2) is 4.39 Å². The van der Waals surface area contributed by atoms with Crippen molar-refractivity contribution in [1.82, 2.24) is 0 Å². The van der Waals surface area contributed by atoms with Crippen LogP contribution in [0.15, 0.2) is 82.1 Å². The Labute approximate surface area is 162 Å². The highest BCUT2D eigenvalue weighted by Crippen LogP contribution is 2.21. The number of anilines is 1. The zero-order valence-electron chi connectivity index (χ0n) is 14.4. The normalized spacial score (nSPS) is 12.0. The molecule has 0 radical (unpaired) electrons. The Morgan fingerprint density at radius 2 is 1.67 bits per heavy atom. The Morgan fingerprint density at radius 3 is 2.30 bits per heavy atom. The highest BCUT2D eigenvalue weighted by molar-refractivity contribution is 7.90. The Hall–Kier alpha value is -2.70. The van der Waals surface area contributed by atoms with Gasteiger partial charge in [0.2, 0.25) is 0 Å². The van der Waals surface area contributed by atoms with Gasteiger partial charge < -0.3 is 5.32 Å². The Bertz CT molecular complexity index is 1080. The van der Waals surface area contributed by atoms with Crippen LogP contribution in [-0.4, -0.2) is 14.3 Å². The maximum Gasteiger partial charge on any atom is 0.284 e. The van der Waals surface area contributed by atoms with Gasteiger partial charge in [-0.2, -0.15) is 8.42 Å². The first-order valence-corrected chi connectivity index (χ1v) is 9.86. The van der Waals surface area contributed by atoms with E-state index in [1.54, 1.807) is 36.4 Å². The number of nitrogens with zero attached hydrogens (tertiary/aromatic N) is 1. The molecular weight excluding hydrogens is 387 g/mol. The molecule has 0 bridgehead atoms. The molecule has 0 aliphatic carbocycles. The van der Waals surface area contributed by atoms with Crippen molar-refractivity contribution in [2.24, 2.45) is 4.40 Å². The van der Waals surface area contributed by atoms with E-state index < -0.39 is 15.8 Å². The smallest absolute Gasteiger partial charge is 0.284 e. The summed E-state index contributed by atoms with van der Waals surface area (Å²) < 4.78 is 42.8. The number of sulfonamides is 1. The summed E-state index contributed by atoms with van der Waals surface area (Å²) in [6.07, 6.45) is 0. The van der Waals surface area contributed by atoms with Gasteiger partial charge in [-0.1, -0.05) is 59.6 Å². The van der Waals surface area contributed by atoms with Gasteiger partial charge in [-0.05, 0) is 37.3 Å². The summed E-state index contributed by atoms with van der Waals surface area (Å²) >= 11 is 5.81. The van der Waals surface area contributed by atoms with E-state index in [2.05, 4.69) is 9.71 Å². The molecule has 1 N–H and O–H groups in total. The minimum atomic E-state index is -3.94. The van der Waals surface area contributed by atoms with Crippen molar-refractivity contribution in [3.8, 4) is 0 Å². The predicted octanol–water partition coefficient (Wildman–Crippen LogP) is 5.04. The van der Waals surface area contributed by atoms with Crippen molar-refractivity contribution < 1.29 is 12.8 Å². The topological polar surface area (TPSA) is 58.5 Å². The molecular formula is C20H16ClFN2O2S. The van der Waals surface area contributed by atoms with E-state index in [-0.39, 0.29) is 15.8 Å². The number of amidine groups is 1. The molecule has 0 saturated carbocycles. The second-order valence-corrected chi connectivity index (χ2v) is 7.86. The van der Waals surface area contributed by atoms with Crippen LogP contribution in [0.1, 0.15) is 11.1 Å². The number of halogens is 2. The van der Waals surface area contributed by atoms with Crippen LogP contribution in [0.25, 0.3) is 0 Å². The summed E-state index contributed by atoms with van der Waals surface area (Å²) in [6, 6.07) is 19.2. The van der Waals surface area contributed by atoms with E-state index in [1.165, 1.54) is 30.3 Å². The van der Waals surface area contributed by atoms with Gasteiger partial charge in [0, 0.05) is 11.3 Å². The predicted molar refractivity (Wildman–Crippen MR) is 106 cm³/mol. The van der Waals surface area contributed by atoms with Crippen LogP contribution >= 0.6 is 11.6 Å². The molecule has 27 heavy (non-hydrogen) atoms. The zero-order valence-corrected chi connectivity index (χ0v) is 15.9. The lowest BCUT2D eigenvalue weighted by molar-refractivity contribution is 0.598. The lowest BCUT2D eigenvalue weighted by atomic mass is 10.2. The average molecular weight is 403 g/mol. The van der Waals surface area contributed by atoms with E-state index in [4.69, 9.17) is 11.6 Å². The highest BCUT2D eigenvalue weighted by atomic mass is 35.5. The summed E-state index contributed by atoms with van der Waals surface area (Å²) in [7, 11) is -3.94. The Kier molecular flexibility index (Phi) is 5.58. The SMILES string of the molecule is Cc1ccc(S(=O)(=O)/N=C(\Nc2ccc(F)c(Cl)c2)c2ccccc2)cc1. The first-order valence-electron chi connectivity index (χ1n) is 8.04. The van der Waals surface area contributed by atoms with Crippen molar-refractivity contribution in [2.75, 3.05) is 5.32 Å². The molecule has 3 aromatic rings. The Morgan fingerprint density at radius 1 is 1.00 bits per heavy atom. The van der Waals surface area contributed by atoms with Crippen LogP contribution < -0.4 is 5.32 Å². The molecule has 0 spiro atoms. The van der Waals surface area contributed by atoms with Crippen LogP contribution in [0, 0.1) is 12.7 Å². The molecule has 0 atom stereocenters. The summed E-state index contributed by atoms with van der Waals surface area (Å²) in [6.45, 7) is 1.87. The Balaban J connectivity index is 2.05. The van der Waals surface area contributed by atoms with Crippen LogP contribution in [-0.2, 0) is 10.0 Å². The minimum absolute atomic E-state index is 0.0752. The molecule has 4 nitrogen and oxygen atoms in total. The first-order chi connectivity index (χ1) is 12.8. The third-order valence-corrected chi connectivity index (χ3v) is 5.34. The average Bonchev–Trinajstić information content (AvgIpc) is 2.65. The summed E-state index contributed by atoms with van der Waals surface area (Å²) in [5, 5.41) is 2.85. The maximum atomic E-state index is 13.4. The van der Waals surface area contributed by atoms with Crippen LogP contribution in [0.3, 0.4) is 0 Å². The van der Waals surface area contributed by atoms with Crippen molar-refractivity contribution in [3.63, 3.8) is 0 Å². The van der Waals surface area contributed by atoms with Crippen LogP contribution in [0.2, 0.25) is 5.02 Å². The maximum absolute atomic E-state index is 13.4. The van der Waals surface area contributed by atoms with Crippen molar-refractivity contribution in [3.05, 3.63) is 94.8 Å². The molecule has 0 aliphatic rings. The molecule has 0 aliphatic heterocycles. The number of rotatable bonds is 4. The van der Waals surface area contributed by atoms with Crippen molar-refractivity contribution in [1.29, 1.82) is 0 Å². The highest BCUT2D eigenvalue weighted by Gasteiger charge is 2.16. The standard InChI is InChI=1S/C20H16ClFN2O2S/c1-14-7-10-17(11-8-14)27(25,26)24-20(15-5-3-2-4-6-15)23-16-9-12-19(22)18(21)13-16/h2-13H,1H3,(H,23,24). The summed E-state index contributed by atoms with van der Waals surface area (Å²) in [5.74, 6) is -0.452. The number of aryl methyl sites for hydroxylation is 1. The number of nitrogens with one attached hydrogen (secondary N) is 1. The van der Waals surface area contributed by atoms with Crippen molar-refractivity contribution >= 4 is 33.1 Å². The molecule has 3 aromatic carbocycles. The largest absolute Gasteiger partial charge is 0.339 e. The fourth-order valence-electron chi connectivity index (χ4n) is 2.34. The van der Waals surface area contributed by atoms with Gasteiger partial charge in [-0.3, -0.25) is 0 Å². The van der Waals surface area contributed by atoms with E-state index in [9.17, 15) is 12.8 Å². The van der Waals surface area contributed by atoms with Crippen LogP contribution in [0.4, 0.5) is 10.1 Å². The van der Waals surface area contributed by atoms with Crippen molar-refractivity contribution in [2.45, 2.75) is 11.8 Å². The fourth-order valence-corrected chi connectivity index (χ4v) is 3.49. The van der Waals surface area contributed by atoms with E-state index in [1.807, 2.05) is 13.0 Å². The minimum Gasteiger partial charge on any atom is -0.339 e. The lowest BCUT2D eigenvalue weighted by Gasteiger charge is -2.11. The molecule has 0 heterocycles. The second-order valence-electron chi connectivity index (χ2n) is 5.85. The fraction of sp³-hybridized carbons (Fsp3) is 0.0500. The summed E-state index contributed by atoms with van der Waals surface area (Å²) in [5.41, 5.74) is 1.93. The monoisotopic (exact) mass is 402 g/mol. The molecule has 0 amide bonds. The first kappa shape index (κ1) is 19.1. The van der Waals surface area contributed by atoms with E-state index >= 15 is 0 Å². The zero-order chi connectivity index (χ0) is 19.4. The van der Waals surface area contributed by atoms with Gasteiger partial charge in [0.05, 0.1) is 9.92 Å². The number of hydrogen-bond donors (Lipinski definition) is 1. The number of benzene rings is 3. The third kappa shape index (κ3) is 4.72. The molecule has 0 saturated heterocycles. The molecule has 7 heteroatoms. The molecule has 0 aromatic heterocycles. The third-order valence-electron chi connectivity index (χ3n) is 3.76. The quantitative estimate of drug-likeness (QED) is 0.491. The van der Waals surface area contributed by atoms with Gasteiger partial charge in [0.1, 0.15) is 5.82 Å². The van der Waals surface area contributed by atoms with Gasteiger partial charge in [0.15, 0.2) is 5.84 Å². The van der Waals surface area contributed by atoms with Gasteiger partial charge in [-0.15, -0.1) is 4.40 Å². The van der Waals surface area contributed by atoms with E-state index in [0.717, 1.165) is 5.56 Å². The van der Waals surface area contributed by atoms with Gasteiger partial charge in [0.25, 0.3) is 10.0 Å². The van der Waals surface area contributed by atoms with Gasteiger partial charge >= 0.3 is 0 Å². The molecule has 138 valence electrons. The number of hydrogen-bond acceptors (Lipinski definition) is 2. The van der Waals surface area contributed by atoms with E-state index in [0.29, 0.717) is 11.3 Å². The second kappa shape index (κ2) is 7.90.